The van der Waals surface area contributed by atoms with E-state index in [0.717, 1.165) is 42.5 Å². The molecule has 4 rings (SSSR count). The van der Waals surface area contributed by atoms with Crippen molar-refractivity contribution in [2.45, 2.75) is 19.1 Å². The third-order valence-electron chi connectivity index (χ3n) is 4.78. The van der Waals surface area contributed by atoms with E-state index in [2.05, 4.69) is 14.9 Å². The molecule has 8 heteroatoms. The number of benzene rings is 1. The average molecular weight is 348 g/mol. The molecule has 0 radical (unpaired) electrons. The number of aromatic nitrogens is 2. The van der Waals surface area contributed by atoms with E-state index in [4.69, 9.17) is 4.74 Å². The van der Waals surface area contributed by atoms with Crippen LogP contribution in [0, 0.1) is 11.6 Å². The molecule has 2 atom stereocenters. The van der Waals surface area contributed by atoms with Crippen LogP contribution in [0.15, 0.2) is 29.2 Å². The van der Waals surface area contributed by atoms with Crippen molar-refractivity contribution in [2.75, 3.05) is 31.6 Å². The summed E-state index contributed by atoms with van der Waals surface area (Å²) in [5.74, 6) is -1.36. The zero-order valence-corrected chi connectivity index (χ0v) is 13.9. The quantitative estimate of drug-likeness (QED) is 0.780. The van der Waals surface area contributed by atoms with Crippen LogP contribution in [0.25, 0.3) is 5.69 Å². The molecule has 0 saturated carbocycles. The van der Waals surface area contributed by atoms with Gasteiger partial charge in [-0.3, -0.25) is 4.79 Å². The van der Waals surface area contributed by atoms with Crippen molar-refractivity contribution in [3.05, 3.63) is 46.4 Å². The monoisotopic (exact) mass is 348 g/mol. The first-order valence-electron chi connectivity index (χ1n) is 8.14. The van der Waals surface area contributed by atoms with E-state index in [1.165, 1.54) is 6.20 Å². The molecular formula is C17H18F2N4O2. The Balaban J connectivity index is 1.81. The van der Waals surface area contributed by atoms with Crippen molar-refractivity contribution in [3.63, 3.8) is 0 Å². The average Bonchev–Trinajstić information content (AvgIpc) is 2.55. The SMILES string of the molecule is CC1Oc2c(cnn(-c3cc(F)cc(F)c3)c2=O)N2CCN(C)CC12. The highest BCUT2D eigenvalue weighted by atomic mass is 19.1. The van der Waals surface area contributed by atoms with Gasteiger partial charge in [-0.1, -0.05) is 0 Å². The first kappa shape index (κ1) is 16.0. The van der Waals surface area contributed by atoms with Crippen LogP contribution in [-0.2, 0) is 0 Å². The predicted octanol–water partition coefficient (Wildman–Crippen LogP) is 1.41. The summed E-state index contributed by atoms with van der Waals surface area (Å²) >= 11 is 0. The third kappa shape index (κ3) is 2.66. The molecule has 25 heavy (non-hydrogen) atoms. The van der Waals surface area contributed by atoms with Crippen molar-refractivity contribution < 1.29 is 13.5 Å². The summed E-state index contributed by atoms with van der Waals surface area (Å²) in [5, 5.41) is 4.11. The van der Waals surface area contributed by atoms with Gasteiger partial charge in [0.15, 0.2) is 0 Å². The molecule has 2 aliphatic heterocycles. The second-order valence-electron chi connectivity index (χ2n) is 6.55. The number of likely N-dealkylation sites (N-methyl/N-ethyl adjacent to an activating group) is 1. The van der Waals surface area contributed by atoms with Crippen LogP contribution in [0.3, 0.4) is 0 Å². The van der Waals surface area contributed by atoms with Gasteiger partial charge in [-0.2, -0.15) is 9.78 Å². The van der Waals surface area contributed by atoms with Crippen LogP contribution in [0.2, 0.25) is 0 Å². The lowest BCUT2D eigenvalue weighted by Crippen LogP contribution is -2.60. The van der Waals surface area contributed by atoms with Gasteiger partial charge in [-0.05, 0) is 26.1 Å². The van der Waals surface area contributed by atoms with Crippen LogP contribution in [-0.4, -0.2) is 53.5 Å². The van der Waals surface area contributed by atoms with E-state index in [-0.39, 0.29) is 23.6 Å². The third-order valence-corrected chi connectivity index (χ3v) is 4.78. The minimum atomic E-state index is -0.769. The molecule has 3 heterocycles. The summed E-state index contributed by atoms with van der Waals surface area (Å²) in [7, 11) is 2.05. The lowest BCUT2D eigenvalue weighted by Gasteiger charge is -2.47. The summed E-state index contributed by atoms with van der Waals surface area (Å²) in [4.78, 5) is 17.2. The molecular weight excluding hydrogens is 330 g/mol. The molecule has 132 valence electrons. The largest absolute Gasteiger partial charge is 0.481 e. The zero-order valence-electron chi connectivity index (χ0n) is 13.9. The van der Waals surface area contributed by atoms with Crippen LogP contribution < -0.4 is 15.2 Å². The van der Waals surface area contributed by atoms with Crippen LogP contribution in [0.1, 0.15) is 6.92 Å². The number of ether oxygens (including phenoxy) is 1. The van der Waals surface area contributed by atoms with E-state index in [0.29, 0.717) is 5.69 Å². The van der Waals surface area contributed by atoms with Gasteiger partial charge in [0.2, 0.25) is 5.75 Å². The molecule has 0 N–H and O–H groups in total. The topological polar surface area (TPSA) is 50.6 Å². The lowest BCUT2D eigenvalue weighted by atomic mass is 10.0. The Bertz CT molecular complexity index is 865. The van der Waals surface area contributed by atoms with Crippen molar-refractivity contribution >= 4 is 5.69 Å². The smallest absolute Gasteiger partial charge is 0.316 e. The van der Waals surface area contributed by atoms with Gasteiger partial charge in [0, 0.05) is 25.7 Å². The van der Waals surface area contributed by atoms with Gasteiger partial charge in [-0.25, -0.2) is 8.78 Å². The molecule has 0 spiro atoms. The maximum absolute atomic E-state index is 13.5. The Hall–Kier alpha value is -2.48. The zero-order chi connectivity index (χ0) is 17.7. The number of hydrogen-bond donors (Lipinski definition) is 0. The van der Waals surface area contributed by atoms with E-state index in [1.807, 2.05) is 14.0 Å². The molecule has 1 aromatic heterocycles. The van der Waals surface area contributed by atoms with Crippen molar-refractivity contribution in [1.82, 2.24) is 14.7 Å². The Kier molecular flexibility index (Phi) is 3.72. The van der Waals surface area contributed by atoms with Crippen LogP contribution >= 0.6 is 0 Å². The van der Waals surface area contributed by atoms with Gasteiger partial charge >= 0.3 is 5.56 Å². The Morgan fingerprint density at radius 2 is 1.92 bits per heavy atom. The standard InChI is InChI=1S/C17H18F2N4O2/c1-10-15-9-21(2)3-4-22(15)14-8-20-23(17(24)16(14)25-10)13-6-11(18)5-12(19)7-13/h5-8,10,15H,3-4,9H2,1-2H3. The molecule has 1 aromatic carbocycles. The fraction of sp³-hybridized carbons (Fsp3) is 0.412. The van der Waals surface area contributed by atoms with Gasteiger partial charge in [-0.15, -0.1) is 0 Å². The number of nitrogens with zero attached hydrogens (tertiary/aromatic N) is 4. The van der Waals surface area contributed by atoms with E-state index in [1.54, 1.807) is 0 Å². The highest BCUT2D eigenvalue weighted by Gasteiger charge is 2.38. The van der Waals surface area contributed by atoms with Crippen molar-refractivity contribution in [1.29, 1.82) is 0 Å². The first-order valence-corrected chi connectivity index (χ1v) is 8.14. The van der Waals surface area contributed by atoms with Gasteiger partial charge in [0.05, 0.1) is 17.9 Å². The number of piperazine rings is 1. The normalized spacial score (nSPS) is 23.0. The van der Waals surface area contributed by atoms with Crippen LogP contribution in [0.5, 0.6) is 5.75 Å². The summed E-state index contributed by atoms with van der Waals surface area (Å²) in [6.45, 7) is 4.40. The van der Waals surface area contributed by atoms with Gasteiger partial charge < -0.3 is 14.5 Å². The number of anilines is 1. The maximum Gasteiger partial charge on any atom is 0.316 e. The second kappa shape index (κ2) is 5.80. The summed E-state index contributed by atoms with van der Waals surface area (Å²) in [5.41, 5.74) is 0.142. The molecule has 0 bridgehead atoms. The number of hydrogen-bond acceptors (Lipinski definition) is 5. The summed E-state index contributed by atoms with van der Waals surface area (Å²) in [6.07, 6.45) is 1.35. The highest BCUT2D eigenvalue weighted by molar-refractivity contribution is 5.59. The molecule has 1 saturated heterocycles. The minimum Gasteiger partial charge on any atom is -0.481 e. The summed E-state index contributed by atoms with van der Waals surface area (Å²) < 4.78 is 33.8. The van der Waals surface area contributed by atoms with E-state index in [9.17, 15) is 13.6 Å². The fourth-order valence-electron chi connectivity index (χ4n) is 3.51. The highest BCUT2D eigenvalue weighted by Crippen LogP contribution is 2.34. The number of fused-ring (bicyclic) bond motifs is 3. The molecule has 1 fully saturated rings. The van der Waals surface area contributed by atoms with E-state index < -0.39 is 17.2 Å². The Morgan fingerprint density at radius 1 is 1.20 bits per heavy atom. The van der Waals surface area contributed by atoms with Gasteiger partial charge in [0.1, 0.15) is 23.4 Å². The number of halogens is 2. The first-order chi connectivity index (χ1) is 11.9. The molecule has 6 nitrogen and oxygen atoms in total. The van der Waals surface area contributed by atoms with E-state index >= 15 is 0 Å². The maximum atomic E-state index is 13.5. The predicted molar refractivity (Wildman–Crippen MR) is 88.5 cm³/mol. The Morgan fingerprint density at radius 3 is 2.64 bits per heavy atom. The molecule has 2 unspecified atom stereocenters. The molecule has 2 aromatic rings. The Labute approximate surface area is 143 Å². The summed E-state index contributed by atoms with van der Waals surface area (Å²) in [6, 6.07) is 3.01. The van der Waals surface area contributed by atoms with Gasteiger partial charge in [0.25, 0.3) is 0 Å². The van der Waals surface area contributed by atoms with Crippen molar-refractivity contribution in [2.24, 2.45) is 0 Å². The molecule has 0 aliphatic carbocycles. The second-order valence-corrected chi connectivity index (χ2v) is 6.55. The lowest BCUT2D eigenvalue weighted by molar-refractivity contribution is 0.122. The molecule has 2 aliphatic rings. The molecule has 0 amide bonds. The minimum absolute atomic E-state index is 0.0297. The van der Waals surface area contributed by atoms with Crippen LogP contribution in [0.4, 0.5) is 14.5 Å². The number of rotatable bonds is 1. The van der Waals surface area contributed by atoms with Crippen molar-refractivity contribution in [3.8, 4) is 11.4 Å². The fourth-order valence-corrected chi connectivity index (χ4v) is 3.51.